The second-order valence-electron chi connectivity index (χ2n) is 5.04. The summed E-state index contributed by atoms with van der Waals surface area (Å²) in [5.41, 5.74) is 2.94. The quantitative estimate of drug-likeness (QED) is 0.855. The van der Waals surface area contributed by atoms with Crippen molar-refractivity contribution < 1.29 is 0 Å². The molecule has 1 nitrogen and oxygen atoms in total. The highest BCUT2D eigenvalue weighted by Gasteiger charge is 2.24. The van der Waals surface area contributed by atoms with Crippen molar-refractivity contribution in [2.24, 2.45) is 0 Å². The zero-order valence-electron chi connectivity index (χ0n) is 11.6. The fourth-order valence-electron chi connectivity index (χ4n) is 2.72. The number of rotatable bonds is 5. The van der Waals surface area contributed by atoms with Gasteiger partial charge in [-0.05, 0) is 42.7 Å². The molecule has 2 atom stereocenters. The summed E-state index contributed by atoms with van der Waals surface area (Å²) in [5, 5.41) is 4.45. The van der Waals surface area contributed by atoms with E-state index >= 15 is 0 Å². The maximum absolute atomic E-state index is 3.70. The minimum atomic E-state index is 0.534. The van der Waals surface area contributed by atoms with Gasteiger partial charge in [0.25, 0.3) is 0 Å². The third kappa shape index (κ3) is 3.52. The summed E-state index contributed by atoms with van der Waals surface area (Å²) in [6, 6.07) is 9.67. The Morgan fingerprint density at radius 3 is 2.89 bits per heavy atom. The van der Waals surface area contributed by atoms with Crippen molar-refractivity contribution in [1.29, 1.82) is 0 Å². The molecular weight excluding hydrogens is 238 g/mol. The lowest BCUT2D eigenvalue weighted by Crippen LogP contribution is -2.31. The fourth-order valence-corrected chi connectivity index (χ4v) is 4.17. The molecular formula is C16H25NS. The molecule has 18 heavy (non-hydrogen) atoms. The Morgan fingerprint density at radius 2 is 2.22 bits per heavy atom. The highest BCUT2D eigenvalue weighted by molar-refractivity contribution is 8.00. The van der Waals surface area contributed by atoms with Crippen LogP contribution in [0.25, 0.3) is 0 Å². The molecule has 0 spiro atoms. The molecule has 0 aliphatic carbocycles. The molecule has 0 radical (unpaired) electrons. The van der Waals surface area contributed by atoms with Crippen LogP contribution in [0.2, 0.25) is 0 Å². The van der Waals surface area contributed by atoms with Crippen molar-refractivity contribution in [3.8, 4) is 0 Å². The van der Waals surface area contributed by atoms with E-state index in [1.165, 1.54) is 36.1 Å². The van der Waals surface area contributed by atoms with E-state index in [4.69, 9.17) is 0 Å². The Hall–Kier alpha value is -0.470. The molecule has 0 bridgehead atoms. The summed E-state index contributed by atoms with van der Waals surface area (Å²) >= 11 is 2.16. The molecule has 1 aliphatic rings. The summed E-state index contributed by atoms with van der Waals surface area (Å²) in [5.74, 6) is 1.33. The fraction of sp³-hybridized carbons (Fsp3) is 0.625. The SMILES string of the molecule is CCNC(c1cccc(CC)c1)C1CCCCS1. The van der Waals surface area contributed by atoms with Crippen molar-refractivity contribution in [3.05, 3.63) is 35.4 Å². The van der Waals surface area contributed by atoms with Gasteiger partial charge in [-0.25, -0.2) is 0 Å². The third-order valence-corrected chi connectivity index (χ3v) is 5.19. The van der Waals surface area contributed by atoms with Gasteiger partial charge in [-0.2, -0.15) is 11.8 Å². The van der Waals surface area contributed by atoms with Gasteiger partial charge >= 0.3 is 0 Å². The highest BCUT2D eigenvalue weighted by Crippen LogP contribution is 2.35. The summed E-state index contributed by atoms with van der Waals surface area (Å²) in [7, 11) is 0. The Kier molecular flexibility index (Phi) is 5.58. The largest absolute Gasteiger partial charge is 0.309 e. The molecule has 100 valence electrons. The third-order valence-electron chi connectivity index (χ3n) is 3.73. The second kappa shape index (κ2) is 7.20. The predicted molar refractivity (Wildman–Crippen MR) is 82.3 cm³/mol. The summed E-state index contributed by atoms with van der Waals surface area (Å²) in [6.45, 7) is 5.50. The van der Waals surface area contributed by atoms with E-state index in [0.29, 0.717) is 6.04 Å². The van der Waals surface area contributed by atoms with Gasteiger partial charge in [-0.15, -0.1) is 0 Å². The lowest BCUT2D eigenvalue weighted by Gasteiger charge is -2.31. The molecule has 0 aromatic heterocycles. The van der Waals surface area contributed by atoms with Crippen LogP contribution in [0.1, 0.15) is 50.3 Å². The first kappa shape index (κ1) is 14.0. The number of hydrogen-bond acceptors (Lipinski definition) is 2. The van der Waals surface area contributed by atoms with Crippen molar-refractivity contribution in [1.82, 2.24) is 5.32 Å². The first-order valence-electron chi connectivity index (χ1n) is 7.29. The normalized spacial score (nSPS) is 21.8. The zero-order valence-corrected chi connectivity index (χ0v) is 12.4. The van der Waals surface area contributed by atoms with E-state index in [1.807, 2.05) is 0 Å². The lowest BCUT2D eigenvalue weighted by molar-refractivity contribution is 0.491. The van der Waals surface area contributed by atoms with Gasteiger partial charge in [0.2, 0.25) is 0 Å². The zero-order chi connectivity index (χ0) is 12.8. The minimum absolute atomic E-state index is 0.534. The molecule has 1 fully saturated rings. The van der Waals surface area contributed by atoms with Crippen LogP contribution in [0.15, 0.2) is 24.3 Å². The Morgan fingerprint density at radius 1 is 1.33 bits per heavy atom. The van der Waals surface area contributed by atoms with Crippen molar-refractivity contribution in [2.75, 3.05) is 12.3 Å². The molecule has 1 heterocycles. The number of hydrogen-bond donors (Lipinski definition) is 1. The van der Waals surface area contributed by atoms with E-state index in [9.17, 15) is 0 Å². The molecule has 2 unspecified atom stereocenters. The molecule has 0 saturated carbocycles. The van der Waals surface area contributed by atoms with Crippen LogP contribution in [0.3, 0.4) is 0 Å². The average Bonchev–Trinajstić information content (AvgIpc) is 2.46. The van der Waals surface area contributed by atoms with Gasteiger partial charge in [0.15, 0.2) is 0 Å². The van der Waals surface area contributed by atoms with Gasteiger partial charge in [0.1, 0.15) is 0 Å². The number of benzene rings is 1. The van der Waals surface area contributed by atoms with E-state index in [0.717, 1.165) is 18.2 Å². The number of thioether (sulfide) groups is 1. The monoisotopic (exact) mass is 263 g/mol. The van der Waals surface area contributed by atoms with Gasteiger partial charge in [0.05, 0.1) is 0 Å². The van der Waals surface area contributed by atoms with Crippen LogP contribution in [-0.2, 0) is 6.42 Å². The van der Waals surface area contributed by atoms with Gasteiger partial charge in [0, 0.05) is 11.3 Å². The van der Waals surface area contributed by atoms with Crippen LogP contribution in [0.5, 0.6) is 0 Å². The maximum atomic E-state index is 3.70. The Balaban J connectivity index is 2.16. The van der Waals surface area contributed by atoms with Crippen molar-refractivity contribution >= 4 is 11.8 Å². The lowest BCUT2D eigenvalue weighted by atomic mass is 9.97. The van der Waals surface area contributed by atoms with E-state index < -0.39 is 0 Å². The first-order valence-corrected chi connectivity index (χ1v) is 8.33. The Labute approximate surface area is 116 Å². The van der Waals surface area contributed by atoms with E-state index in [1.54, 1.807) is 0 Å². The van der Waals surface area contributed by atoms with Crippen LogP contribution in [-0.4, -0.2) is 17.5 Å². The average molecular weight is 263 g/mol. The maximum Gasteiger partial charge on any atom is 0.0440 e. The Bertz CT molecular complexity index is 358. The van der Waals surface area contributed by atoms with Gasteiger partial charge < -0.3 is 5.32 Å². The smallest absolute Gasteiger partial charge is 0.0440 e. The van der Waals surface area contributed by atoms with Crippen molar-refractivity contribution in [2.45, 2.75) is 50.8 Å². The van der Waals surface area contributed by atoms with E-state index in [-0.39, 0.29) is 0 Å². The molecule has 1 aliphatic heterocycles. The topological polar surface area (TPSA) is 12.0 Å². The summed E-state index contributed by atoms with van der Waals surface area (Å²) < 4.78 is 0. The molecule has 1 saturated heterocycles. The summed E-state index contributed by atoms with van der Waals surface area (Å²) in [6.07, 6.45) is 5.28. The molecule has 1 aromatic carbocycles. The number of aryl methyl sites for hydroxylation is 1. The minimum Gasteiger partial charge on any atom is -0.309 e. The van der Waals surface area contributed by atoms with Gasteiger partial charge in [-0.1, -0.05) is 44.5 Å². The standard InChI is InChI=1S/C16H25NS/c1-3-13-8-7-9-14(12-13)16(17-4-2)15-10-5-6-11-18-15/h7-9,12,15-17H,3-6,10-11H2,1-2H3. The summed E-state index contributed by atoms with van der Waals surface area (Å²) in [4.78, 5) is 0. The first-order chi connectivity index (χ1) is 8.85. The predicted octanol–water partition coefficient (Wildman–Crippen LogP) is 4.19. The van der Waals surface area contributed by atoms with Crippen LogP contribution in [0, 0.1) is 0 Å². The van der Waals surface area contributed by atoms with E-state index in [2.05, 4.69) is 55.2 Å². The molecule has 1 aromatic rings. The number of nitrogens with one attached hydrogen (secondary N) is 1. The molecule has 2 heteroatoms. The highest BCUT2D eigenvalue weighted by atomic mass is 32.2. The molecule has 2 rings (SSSR count). The molecule has 1 N–H and O–H groups in total. The van der Waals surface area contributed by atoms with Crippen LogP contribution < -0.4 is 5.32 Å². The molecule has 0 amide bonds. The second-order valence-corrected chi connectivity index (χ2v) is 6.39. The van der Waals surface area contributed by atoms with Gasteiger partial charge in [-0.3, -0.25) is 0 Å². The van der Waals surface area contributed by atoms with Crippen molar-refractivity contribution in [3.63, 3.8) is 0 Å². The van der Waals surface area contributed by atoms with Crippen LogP contribution >= 0.6 is 11.8 Å². The van der Waals surface area contributed by atoms with Crippen LogP contribution in [0.4, 0.5) is 0 Å².